The zero-order valence-corrected chi connectivity index (χ0v) is 9.21. The molecule has 0 radical (unpaired) electrons. The predicted octanol–water partition coefficient (Wildman–Crippen LogP) is 2.46. The van der Waals surface area contributed by atoms with E-state index in [1.54, 1.807) is 0 Å². The summed E-state index contributed by atoms with van der Waals surface area (Å²) in [7, 11) is 0. The average Bonchev–Trinajstić information content (AvgIpc) is 2.29. The maximum absolute atomic E-state index is 10.7. The van der Waals surface area contributed by atoms with Crippen molar-refractivity contribution in [1.82, 2.24) is 4.98 Å². The second-order valence-electron chi connectivity index (χ2n) is 3.76. The van der Waals surface area contributed by atoms with E-state index in [-0.39, 0.29) is 11.4 Å². The quantitative estimate of drug-likeness (QED) is 0.829. The highest BCUT2D eigenvalue weighted by atomic mass is 16.4. The van der Waals surface area contributed by atoms with E-state index in [1.807, 2.05) is 31.2 Å². The van der Waals surface area contributed by atoms with Gasteiger partial charge in [-0.3, -0.25) is 0 Å². The summed E-state index contributed by atoms with van der Waals surface area (Å²) in [6.07, 6.45) is 1.44. The Labute approximate surface area is 98.2 Å². The minimum Gasteiger partial charge on any atom is -0.505 e. The first-order valence-electron chi connectivity index (χ1n) is 5.07. The lowest BCUT2D eigenvalue weighted by atomic mass is 10.1. The molecule has 1 heterocycles. The first-order chi connectivity index (χ1) is 8.08. The maximum atomic E-state index is 10.7. The number of pyridine rings is 1. The number of hydrogen-bond acceptors (Lipinski definition) is 3. The minimum atomic E-state index is -1.24. The molecule has 0 unspecified atom stereocenters. The van der Waals surface area contributed by atoms with Crippen LogP contribution in [0.1, 0.15) is 16.1 Å². The van der Waals surface area contributed by atoms with Crippen molar-refractivity contribution in [2.75, 3.05) is 0 Å². The Morgan fingerprint density at radius 3 is 2.35 bits per heavy atom. The number of aryl methyl sites for hydroxylation is 1. The van der Waals surface area contributed by atoms with E-state index in [1.165, 1.54) is 12.3 Å². The molecule has 0 aliphatic heterocycles. The fraction of sp³-hybridized carbons (Fsp3) is 0.0769. The van der Waals surface area contributed by atoms with Crippen LogP contribution in [0, 0.1) is 6.92 Å². The van der Waals surface area contributed by atoms with Gasteiger partial charge in [-0.15, -0.1) is 0 Å². The fourth-order valence-electron chi connectivity index (χ4n) is 1.52. The van der Waals surface area contributed by atoms with Gasteiger partial charge in [-0.1, -0.05) is 29.8 Å². The molecule has 0 fully saturated rings. The SMILES string of the molecule is Cc1ccc(-c2cnc(C(=O)O)c(O)c2)cc1. The van der Waals surface area contributed by atoms with Gasteiger partial charge >= 0.3 is 5.97 Å². The third-order valence-corrected chi connectivity index (χ3v) is 2.46. The predicted molar refractivity (Wildman–Crippen MR) is 63.0 cm³/mol. The summed E-state index contributed by atoms with van der Waals surface area (Å²) in [4.78, 5) is 14.4. The zero-order chi connectivity index (χ0) is 12.4. The summed E-state index contributed by atoms with van der Waals surface area (Å²) in [6.45, 7) is 1.98. The Bertz CT molecular complexity index is 561. The standard InChI is InChI=1S/C13H11NO3/c1-8-2-4-9(5-3-8)10-6-11(15)12(13(16)17)14-7-10/h2-7,15H,1H3,(H,16,17). The molecule has 0 bridgehead atoms. The number of hydrogen-bond donors (Lipinski definition) is 2. The highest BCUT2D eigenvalue weighted by Crippen LogP contribution is 2.24. The summed E-state index contributed by atoms with van der Waals surface area (Å²) in [5, 5.41) is 18.3. The van der Waals surface area contributed by atoms with Crippen molar-refractivity contribution >= 4 is 5.97 Å². The number of aromatic nitrogens is 1. The molecule has 2 aromatic rings. The van der Waals surface area contributed by atoms with E-state index < -0.39 is 5.97 Å². The molecule has 86 valence electrons. The molecule has 2 N–H and O–H groups in total. The van der Waals surface area contributed by atoms with Crippen LogP contribution in [0.2, 0.25) is 0 Å². The van der Waals surface area contributed by atoms with Crippen LogP contribution in [0.4, 0.5) is 0 Å². The molecule has 4 heteroatoms. The molecule has 0 amide bonds. The molecule has 1 aromatic carbocycles. The van der Waals surface area contributed by atoms with E-state index in [2.05, 4.69) is 4.98 Å². The molecule has 1 aromatic heterocycles. The highest BCUT2D eigenvalue weighted by molar-refractivity contribution is 5.89. The smallest absolute Gasteiger partial charge is 0.358 e. The van der Waals surface area contributed by atoms with Crippen LogP contribution < -0.4 is 0 Å². The Morgan fingerprint density at radius 1 is 1.18 bits per heavy atom. The Kier molecular flexibility index (Phi) is 2.78. The van der Waals surface area contributed by atoms with E-state index >= 15 is 0 Å². The van der Waals surface area contributed by atoms with Crippen LogP contribution in [0.15, 0.2) is 36.5 Å². The van der Waals surface area contributed by atoms with Crippen LogP contribution >= 0.6 is 0 Å². The Morgan fingerprint density at radius 2 is 1.82 bits per heavy atom. The van der Waals surface area contributed by atoms with Crippen LogP contribution in [-0.4, -0.2) is 21.2 Å². The van der Waals surface area contributed by atoms with Gasteiger partial charge in [0.05, 0.1) is 0 Å². The summed E-state index contributed by atoms with van der Waals surface area (Å²) in [6, 6.07) is 9.08. The molecule has 0 atom stereocenters. The highest BCUT2D eigenvalue weighted by Gasteiger charge is 2.12. The van der Waals surface area contributed by atoms with Crippen molar-refractivity contribution in [1.29, 1.82) is 0 Å². The maximum Gasteiger partial charge on any atom is 0.358 e. The van der Waals surface area contributed by atoms with Gasteiger partial charge in [0.2, 0.25) is 0 Å². The van der Waals surface area contributed by atoms with Crippen molar-refractivity contribution in [2.24, 2.45) is 0 Å². The molecule has 4 nitrogen and oxygen atoms in total. The largest absolute Gasteiger partial charge is 0.505 e. The number of aromatic carboxylic acids is 1. The van der Waals surface area contributed by atoms with Gasteiger partial charge in [-0.25, -0.2) is 9.78 Å². The Hall–Kier alpha value is -2.36. The molecular formula is C13H11NO3. The van der Waals surface area contributed by atoms with Gasteiger partial charge in [0.15, 0.2) is 5.69 Å². The topological polar surface area (TPSA) is 70.4 Å². The van der Waals surface area contributed by atoms with E-state index in [0.29, 0.717) is 5.56 Å². The van der Waals surface area contributed by atoms with Crippen molar-refractivity contribution in [3.8, 4) is 16.9 Å². The summed E-state index contributed by atoms with van der Waals surface area (Å²) < 4.78 is 0. The summed E-state index contributed by atoms with van der Waals surface area (Å²) >= 11 is 0. The van der Waals surface area contributed by atoms with Crippen molar-refractivity contribution < 1.29 is 15.0 Å². The number of carboxylic acid groups (broad SMARTS) is 1. The third kappa shape index (κ3) is 2.25. The lowest BCUT2D eigenvalue weighted by molar-refractivity contribution is 0.0687. The van der Waals surface area contributed by atoms with Crippen molar-refractivity contribution in [3.05, 3.63) is 47.8 Å². The number of aromatic hydroxyl groups is 1. The minimum absolute atomic E-state index is 0.324. The monoisotopic (exact) mass is 229 g/mol. The first kappa shape index (κ1) is 11.1. The molecule has 0 saturated carbocycles. The molecule has 0 aliphatic rings. The van der Waals surface area contributed by atoms with Crippen LogP contribution in [0.25, 0.3) is 11.1 Å². The van der Waals surface area contributed by atoms with Gasteiger partial charge in [-0.05, 0) is 18.6 Å². The van der Waals surface area contributed by atoms with Crippen LogP contribution in [0.5, 0.6) is 5.75 Å². The van der Waals surface area contributed by atoms with Crippen LogP contribution in [-0.2, 0) is 0 Å². The number of benzene rings is 1. The molecule has 2 rings (SSSR count). The molecule has 0 aliphatic carbocycles. The Balaban J connectivity index is 2.44. The van der Waals surface area contributed by atoms with Crippen molar-refractivity contribution in [2.45, 2.75) is 6.92 Å². The second kappa shape index (κ2) is 4.25. The molecule has 0 saturated heterocycles. The van der Waals surface area contributed by atoms with E-state index in [4.69, 9.17) is 5.11 Å². The van der Waals surface area contributed by atoms with Gasteiger partial charge in [-0.2, -0.15) is 0 Å². The number of rotatable bonds is 2. The summed E-state index contributed by atoms with van der Waals surface area (Å²) in [5.74, 6) is -1.56. The average molecular weight is 229 g/mol. The first-order valence-corrected chi connectivity index (χ1v) is 5.07. The number of carbonyl (C=O) groups is 1. The lowest BCUT2D eigenvalue weighted by Crippen LogP contribution is -2.00. The number of nitrogens with zero attached hydrogens (tertiary/aromatic N) is 1. The second-order valence-corrected chi connectivity index (χ2v) is 3.76. The lowest BCUT2D eigenvalue weighted by Gasteiger charge is -2.04. The molecule has 0 spiro atoms. The van der Waals surface area contributed by atoms with E-state index in [9.17, 15) is 9.90 Å². The van der Waals surface area contributed by atoms with Gasteiger partial charge in [0, 0.05) is 11.8 Å². The third-order valence-electron chi connectivity index (χ3n) is 2.46. The van der Waals surface area contributed by atoms with E-state index in [0.717, 1.165) is 11.1 Å². The van der Waals surface area contributed by atoms with Gasteiger partial charge < -0.3 is 10.2 Å². The molecule has 17 heavy (non-hydrogen) atoms. The van der Waals surface area contributed by atoms with Crippen molar-refractivity contribution in [3.63, 3.8) is 0 Å². The zero-order valence-electron chi connectivity index (χ0n) is 9.21. The number of carboxylic acids is 1. The molecular weight excluding hydrogens is 218 g/mol. The van der Waals surface area contributed by atoms with Crippen LogP contribution in [0.3, 0.4) is 0 Å². The summed E-state index contributed by atoms with van der Waals surface area (Å²) in [5.41, 5.74) is 2.37. The van der Waals surface area contributed by atoms with Gasteiger partial charge in [0.1, 0.15) is 5.75 Å². The fourth-order valence-corrected chi connectivity index (χ4v) is 1.52. The van der Waals surface area contributed by atoms with Gasteiger partial charge in [0.25, 0.3) is 0 Å². The normalized spacial score (nSPS) is 10.2.